The largest absolute Gasteiger partial charge is 0.381 e. The highest BCUT2D eigenvalue weighted by Crippen LogP contribution is 2.29. The number of carbonyl (C=O) groups is 1. The Morgan fingerprint density at radius 1 is 1.22 bits per heavy atom. The monoisotopic (exact) mass is 275 g/mol. The first-order valence-corrected chi connectivity index (χ1v) is 7.40. The van der Waals surface area contributed by atoms with Gasteiger partial charge in [0.2, 0.25) is 5.91 Å². The van der Waals surface area contributed by atoms with Crippen molar-refractivity contribution >= 4 is 16.9 Å². The molecule has 2 saturated heterocycles. The third kappa shape index (κ3) is 2.59. The Kier molecular flexibility index (Phi) is 4.37. The Labute approximate surface area is 110 Å². The third-order valence-corrected chi connectivity index (χ3v) is 5.89. The maximum absolute atomic E-state index is 12.7. The van der Waals surface area contributed by atoms with E-state index in [4.69, 9.17) is 10.5 Å². The van der Waals surface area contributed by atoms with Gasteiger partial charge in [-0.15, -0.1) is 0 Å². The quantitative estimate of drug-likeness (QED) is 0.712. The Balaban J connectivity index is 2.11. The summed E-state index contributed by atoms with van der Waals surface area (Å²) >= 11 is 0. The predicted molar refractivity (Wildman–Crippen MR) is 69.2 cm³/mol. The van der Waals surface area contributed by atoms with Crippen molar-refractivity contribution in [3.63, 3.8) is 0 Å². The number of amides is 1. The highest BCUT2D eigenvalue weighted by atomic mass is 32.2. The predicted octanol–water partition coefficient (Wildman–Crippen LogP) is -1.07. The van der Waals surface area contributed by atoms with E-state index in [0.29, 0.717) is 26.1 Å². The van der Waals surface area contributed by atoms with E-state index in [9.17, 15) is 9.00 Å². The molecule has 104 valence electrons. The summed E-state index contributed by atoms with van der Waals surface area (Å²) in [6, 6.07) is 0. The molecule has 0 bridgehead atoms. The van der Waals surface area contributed by atoms with Crippen LogP contribution in [-0.4, -0.2) is 70.5 Å². The van der Waals surface area contributed by atoms with E-state index >= 15 is 0 Å². The van der Waals surface area contributed by atoms with Gasteiger partial charge in [-0.3, -0.25) is 4.79 Å². The molecule has 2 rings (SSSR count). The summed E-state index contributed by atoms with van der Waals surface area (Å²) in [5, 5.41) is 0. The number of hydrogen-bond acceptors (Lipinski definition) is 4. The molecule has 0 aromatic rings. The van der Waals surface area contributed by atoms with Gasteiger partial charge in [-0.2, -0.15) is 0 Å². The Bertz CT molecular complexity index is 336. The second-order valence-corrected chi connectivity index (χ2v) is 6.75. The van der Waals surface area contributed by atoms with E-state index in [0.717, 1.165) is 26.2 Å². The van der Waals surface area contributed by atoms with Gasteiger partial charge in [0.15, 0.2) is 0 Å². The summed E-state index contributed by atoms with van der Waals surface area (Å²) in [5.74, 6) is -0.455. The van der Waals surface area contributed by atoms with Crippen LogP contribution in [0.1, 0.15) is 12.8 Å². The standard InChI is InChI=1S/C11H21N3O3S/c1-13-4-6-14(7-5-13)18(16)11(10(12)15)2-8-17-9-3-11/h2-9H2,1H3,(H2,12,15). The molecule has 2 aliphatic rings. The molecule has 2 aliphatic heterocycles. The molecule has 6 nitrogen and oxygen atoms in total. The van der Waals surface area contributed by atoms with E-state index < -0.39 is 21.6 Å². The second-order valence-electron chi connectivity index (χ2n) is 4.95. The summed E-state index contributed by atoms with van der Waals surface area (Å²) in [4.78, 5) is 14.0. The first kappa shape index (κ1) is 13.9. The molecule has 0 saturated carbocycles. The summed E-state index contributed by atoms with van der Waals surface area (Å²) in [5.41, 5.74) is 5.51. The van der Waals surface area contributed by atoms with Crippen LogP contribution in [0.15, 0.2) is 0 Å². The van der Waals surface area contributed by atoms with Crippen LogP contribution >= 0.6 is 0 Å². The highest BCUT2D eigenvalue weighted by Gasteiger charge is 2.47. The number of primary amides is 1. The third-order valence-electron chi connectivity index (χ3n) is 3.78. The van der Waals surface area contributed by atoms with Crippen LogP contribution in [0.2, 0.25) is 0 Å². The molecule has 1 unspecified atom stereocenters. The van der Waals surface area contributed by atoms with Crippen molar-refractivity contribution in [2.45, 2.75) is 17.6 Å². The van der Waals surface area contributed by atoms with Crippen LogP contribution in [0.5, 0.6) is 0 Å². The van der Waals surface area contributed by atoms with E-state index in [1.807, 2.05) is 11.4 Å². The van der Waals surface area contributed by atoms with Crippen molar-refractivity contribution in [3.05, 3.63) is 0 Å². The van der Waals surface area contributed by atoms with Crippen LogP contribution in [0.3, 0.4) is 0 Å². The molecule has 0 aromatic carbocycles. The molecule has 0 aromatic heterocycles. The fourth-order valence-corrected chi connectivity index (χ4v) is 4.09. The molecule has 0 aliphatic carbocycles. The van der Waals surface area contributed by atoms with Gasteiger partial charge in [-0.25, -0.2) is 8.51 Å². The summed E-state index contributed by atoms with van der Waals surface area (Å²) in [6.45, 7) is 4.11. The lowest BCUT2D eigenvalue weighted by Crippen LogP contribution is -2.58. The average Bonchev–Trinajstić information content (AvgIpc) is 2.39. The molecular weight excluding hydrogens is 254 g/mol. The Hall–Kier alpha value is -0.500. The van der Waals surface area contributed by atoms with Gasteiger partial charge < -0.3 is 15.4 Å². The lowest BCUT2D eigenvalue weighted by atomic mass is 9.98. The maximum Gasteiger partial charge on any atom is 0.237 e. The number of nitrogens with two attached hydrogens (primary N) is 1. The van der Waals surface area contributed by atoms with Crippen molar-refractivity contribution < 1.29 is 13.7 Å². The van der Waals surface area contributed by atoms with Gasteiger partial charge in [-0.05, 0) is 19.9 Å². The number of carbonyl (C=O) groups excluding carboxylic acids is 1. The van der Waals surface area contributed by atoms with Crippen molar-refractivity contribution in [1.29, 1.82) is 0 Å². The zero-order chi connectivity index (χ0) is 13.2. The second kappa shape index (κ2) is 5.64. The molecule has 18 heavy (non-hydrogen) atoms. The Morgan fingerprint density at radius 3 is 2.28 bits per heavy atom. The lowest BCUT2D eigenvalue weighted by Gasteiger charge is -2.39. The first-order valence-electron chi connectivity index (χ1n) is 6.29. The molecule has 2 fully saturated rings. The van der Waals surface area contributed by atoms with Crippen LogP contribution in [0.25, 0.3) is 0 Å². The fraction of sp³-hybridized carbons (Fsp3) is 0.909. The molecule has 1 amide bonds. The van der Waals surface area contributed by atoms with Gasteiger partial charge in [-0.1, -0.05) is 0 Å². The number of piperazine rings is 1. The molecule has 1 atom stereocenters. The molecule has 2 N–H and O–H groups in total. The van der Waals surface area contributed by atoms with Gasteiger partial charge in [0.25, 0.3) is 0 Å². The zero-order valence-corrected chi connectivity index (χ0v) is 11.6. The number of nitrogens with zero attached hydrogens (tertiary/aromatic N) is 2. The smallest absolute Gasteiger partial charge is 0.237 e. The van der Waals surface area contributed by atoms with E-state index in [2.05, 4.69) is 4.90 Å². The first-order chi connectivity index (χ1) is 8.56. The number of likely N-dealkylation sites (N-methyl/N-ethyl adjacent to an activating group) is 1. The van der Waals surface area contributed by atoms with Crippen molar-refractivity contribution in [2.75, 3.05) is 46.4 Å². The normalized spacial score (nSPS) is 27.8. The molecule has 0 radical (unpaired) electrons. The van der Waals surface area contributed by atoms with Crippen LogP contribution < -0.4 is 5.73 Å². The molecule has 2 heterocycles. The van der Waals surface area contributed by atoms with Crippen LogP contribution in [-0.2, 0) is 20.5 Å². The molecular formula is C11H21N3O3S. The van der Waals surface area contributed by atoms with Crippen LogP contribution in [0, 0.1) is 0 Å². The number of ether oxygens (including phenoxy) is 1. The average molecular weight is 275 g/mol. The van der Waals surface area contributed by atoms with Gasteiger partial charge in [0.1, 0.15) is 15.7 Å². The van der Waals surface area contributed by atoms with Crippen LogP contribution in [0.4, 0.5) is 0 Å². The summed E-state index contributed by atoms with van der Waals surface area (Å²) in [6.07, 6.45) is 0.919. The van der Waals surface area contributed by atoms with E-state index in [-0.39, 0.29) is 0 Å². The molecule has 0 spiro atoms. The van der Waals surface area contributed by atoms with E-state index in [1.165, 1.54) is 0 Å². The van der Waals surface area contributed by atoms with Crippen molar-refractivity contribution in [3.8, 4) is 0 Å². The Morgan fingerprint density at radius 2 is 1.78 bits per heavy atom. The lowest BCUT2D eigenvalue weighted by molar-refractivity contribution is -0.122. The van der Waals surface area contributed by atoms with Crippen molar-refractivity contribution in [2.24, 2.45) is 5.73 Å². The van der Waals surface area contributed by atoms with Gasteiger partial charge >= 0.3 is 0 Å². The minimum Gasteiger partial charge on any atom is -0.381 e. The maximum atomic E-state index is 12.7. The highest BCUT2D eigenvalue weighted by molar-refractivity contribution is 7.85. The SMILES string of the molecule is CN1CCN(S(=O)C2(C(N)=O)CCOCC2)CC1. The van der Waals surface area contributed by atoms with Gasteiger partial charge in [0.05, 0.1) is 0 Å². The number of rotatable bonds is 3. The summed E-state index contributed by atoms with van der Waals surface area (Å²) in [7, 11) is 0.696. The van der Waals surface area contributed by atoms with Gasteiger partial charge in [0, 0.05) is 39.4 Å². The minimum absolute atomic E-state index is 0.455. The summed E-state index contributed by atoms with van der Waals surface area (Å²) < 4.78 is 18.9. The topological polar surface area (TPSA) is 75.9 Å². The molecule has 7 heteroatoms. The van der Waals surface area contributed by atoms with Crippen molar-refractivity contribution in [1.82, 2.24) is 9.21 Å². The van der Waals surface area contributed by atoms with E-state index in [1.54, 1.807) is 0 Å². The fourth-order valence-electron chi connectivity index (χ4n) is 2.41. The number of hydrogen-bond donors (Lipinski definition) is 1. The zero-order valence-electron chi connectivity index (χ0n) is 10.8. The minimum atomic E-state index is -1.34.